The third-order valence-electron chi connectivity index (χ3n) is 6.15. The highest BCUT2D eigenvalue weighted by Gasteiger charge is 2.62. The molecule has 1 fully saturated rings. The minimum atomic E-state index is -1.46. The first-order valence-corrected chi connectivity index (χ1v) is 8.17. The zero-order chi connectivity index (χ0) is 16.4. The van der Waals surface area contributed by atoms with Crippen LogP contribution in [0.5, 0.6) is 0 Å². The second-order valence-electron chi connectivity index (χ2n) is 8.15. The van der Waals surface area contributed by atoms with Crippen LogP contribution in [-0.4, -0.2) is 27.2 Å². The first kappa shape index (κ1) is 15.7. The average Bonchev–Trinajstić information content (AvgIpc) is 2.44. The molecule has 2 N–H and O–H groups in total. The summed E-state index contributed by atoms with van der Waals surface area (Å²) in [5.41, 5.74) is -2.29. The average molecular weight is 302 g/mol. The van der Waals surface area contributed by atoms with Crippen molar-refractivity contribution in [2.45, 2.75) is 64.1 Å². The Balaban J connectivity index is 2.23. The number of hydrogen-bond acceptors (Lipinski definition) is 3. The lowest BCUT2D eigenvalue weighted by Crippen LogP contribution is -2.64. The monoisotopic (exact) mass is 302 g/mol. The molecule has 22 heavy (non-hydrogen) atoms. The normalized spacial score (nSPS) is 43.6. The first-order chi connectivity index (χ1) is 10.1. The van der Waals surface area contributed by atoms with Crippen LogP contribution in [-0.2, 0) is 4.79 Å². The quantitative estimate of drug-likeness (QED) is 0.732. The molecule has 3 aliphatic rings. The molecule has 0 aromatic rings. The SMILES string of the molecule is C=C[C@]1(C)C=C2C(=O)C=C3C(C)(C)CCC[C@]3(O)[C@@]2(O)CC1. The largest absolute Gasteiger partial charge is 0.382 e. The number of allylic oxidation sites excluding steroid dienone is 3. The second-order valence-corrected chi connectivity index (χ2v) is 8.15. The van der Waals surface area contributed by atoms with Gasteiger partial charge in [0, 0.05) is 11.0 Å². The van der Waals surface area contributed by atoms with Crippen molar-refractivity contribution >= 4 is 5.78 Å². The standard InChI is InChI=1S/C19H26O3/c1-5-17(4)9-10-18(21)13(12-17)14(20)11-15-16(2,3)7-6-8-19(15,18)22/h5,11-12,21-22H,1,6-10H2,2-4H3/t17-,18+,19+/m0/s1. The van der Waals surface area contributed by atoms with Gasteiger partial charge < -0.3 is 10.2 Å². The molecule has 0 heterocycles. The number of aliphatic hydroxyl groups is 2. The van der Waals surface area contributed by atoms with Crippen LogP contribution in [0.25, 0.3) is 0 Å². The van der Waals surface area contributed by atoms with E-state index >= 15 is 0 Å². The van der Waals surface area contributed by atoms with Gasteiger partial charge in [-0.3, -0.25) is 4.79 Å². The molecule has 0 radical (unpaired) electrons. The van der Waals surface area contributed by atoms with E-state index in [1.165, 1.54) is 0 Å². The van der Waals surface area contributed by atoms with Crippen LogP contribution in [0.1, 0.15) is 52.9 Å². The Morgan fingerprint density at radius 1 is 1.09 bits per heavy atom. The van der Waals surface area contributed by atoms with Gasteiger partial charge in [0.1, 0.15) is 11.2 Å². The van der Waals surface area contributed by atoms with Gasteiger partial charge in [-0.1, -0.05) is 32.9 Å². The number of fused-ring (bicyclic) bond motifs is 3. The van der Waals surface area contributed by atoms with E-state index in [2.05, 4.69) is 6.58 Å². The summed E-state index contributed by atoms with van der Waals surface area (Å²) in [7, 11) is 0. The Morgan fingerprint density at radius 3 is 2.41 bits per heavy atom. The maximum absolute atomic E-state index is 12.7. The van der Waals surface area contributed by atoms with Gasteiger partial charge in [-0.2, -0.15) is 0 Å². The number of carbonyl (C=O) groups is 1. The number of hydrogen-bond donors (Lipinski definition) is 2. The van der Waals surface area contributed by atoms with Crippen molar-refractivity contribution in [2.24, 2.45) is 10.8 Å². The summed E-state index contributed by atoms with van der Waals surface area (Å²) in [5, 5.41) is 22.8. The van der Waals surface area contributed by atoms with Gasteiger partial charge in [0.05, 0.1) is 0 Å². The molecule has 0 aromatic carbocycles. The van der Waals surface area contributed by atoms with E-state index in [1.807, 2.05) is 32.9 Å². The third-order valence-corrected chi connectivity index (χ3v) is 6.15. The van der Waals surface area contributed by atoms with Crippen molar-refractivity contribution in [1.82, 2.24) is 0 Å². The molecule has 0 bridgehead atoms. The number of ketones is 1. The summed E-state index contributed by atoms with van der Waals surface area (Å²) in [5.74, 6) is -0.162. The molecule has 1 saturated carbocycles. The summed E-state index contributed by atoms with van der Waals surface area (Å²) in [4.78, 5) is 12.7. The lowest BCUT2D eigenvalue weighted by Gasteiger charge is -2.57. The van der Waals surface area contributed by atoms with Crippen molar-refractivity contribution in [2.75, 3.05) is 0 Å². The summed E-state index contributed by atoms with van der Waals surface area (Å²) in [6.07, 6.45) is 8.57. The van der Waals surface area contributed by atoms with Crippen LogP contribution >= 0.6 is 0 Å². The Labute approximate surface area is 132 Å². The van der Waals surface area contributed by atoms with Gasteiger partial charge in [0.2, 0.25) is 0 Å². The summed E-state index contributed by atoms with van der Waals surface area (Å²) < 4.78 is 0. The fourth-order valence-electron chi connectivity index (χ4n) is 4.54. The maximum atomic E-state index is 12.7. The van der Waals surface area contributed by atoms with E-state index in [0.29, 0.717) is 30.4 Å². The van der Waals surface area contributed by atoms with Crippen LogP contribution < -0.4 is 0 Å². The van der Waals surface area contributed by atoms with Gasteiger partial charge in [0.15, 0.2) is 5.78 Å². The number of carbonyl (C=O) groups excluding carboxylic acids is 1. The van der Waals surface area contributed by atoms with E-state index in [4.69, 9.17) is 0 Å². The van der Waals surface area contributed by atoms with Crippen molar-refractivity contribution in [1.29, 1.82) is 0 Å². The minimum absolute atomic E-state index is 0.162. The van der Waals surface area contributed by atoms with Gasteiger partial charge in [-0.05, 0) is 49.2 Å². The van der Waals surface area contributed by atoms with Crippen LogP contribution in [0.2, 0.25) is 0 Å². The third kappa shape index (κ3) is 1.85. The van der Waals surface area contributed by atoms with E-state index in [9.17, 15) is 15.0 Å². The van der Waals surface area contributed by atoms with Crippen molar-refractivity contribution in [3.63, 3.8) is 0 Å². The molecule has 120 valence electrons. The highest BCUT2D eigenvalue weighted by atomic mass is 16.4. The van der Waals surface area contributed by atoms with Gasteiger partial charge in [-0.25, -0.2) is 0 Å². The highest BCUT2D eigenvalue weighted by Crippen LogP contribution is 2.58. The Bertz CT molecular complexity index is 612. The molecule has 3 aliphatic carbocycles. The second kappa shape index (κ2) is 4.42. The summed E-state index contributed by atoms with van der Waals surface area (Å²) >= 11 is 0. The van der Waals surface area contributed by atoms with Crippen molar-refractivity contribution < 1.29 is 15.0 Å². The van der Waals surface area contributed by atoms with Crippen LogP contribution in [0, 0.1) is 10.8 Å². The molecule has 0 spiro atoms. The molecular formula is C19H26O3. The smallest absolute Gasteiger partial charge is 0.184 e. The van der Waals surface area contributed by atoms with Crippen LogP contribution in [0.3, 0.4) is 0 Å². The van der Waals surface area contributed by atoms with E-state index in [1.54, 1.807) is 6.08 Å². The van der Waals surface area contributed by atoms with Gasteiger partial charge in [0.25, 0.3) is 0 Å². The molecule has 3 atom stereocenters. The molecule has 0 aromatic heterocycles. The molecular weight excluding hydrogens is 276 g/mol. The highest BCUT2D eigenvalue weighted by molar-refractivity contribution is 6.08. The lowest BCUT2D eigenvalue weighted by atomic mass is 9.52. The van der Waals surface area contributed by atoms with Crippen molar-refractivity contribution in [3.05, 3.63) is 36.0 Å². The Hall–Kier alpha value is -1.19. The molecule has 0 saturated heterocycles. The van der Waals surface area contributed by atoms with Gasteiger partial charge in [-0.15, -0.1) is 6.58 Å². The lowest BCUT2D eigenvalue weighted by molar-refractivity contribution is -0.151. The predicted octanol–water partition coefficient (Wildman–Crippen LogP) is 3.08. The molecule has 0 amide bonds. The molecule has 3 heteroatoms. The Kier molecular flexibility index (Phi) is 3.16. The summed E-state index contributed by atoms with van der Waals surface area (Å²) in [6.45, 7) is 9.95. The zero-order valence-corrected chi connectivity index (χ0v) is 13.8. The molecule has 0 unspecified atom stereocenters. The minimum Gasteiger partial charge on any atom is -0.382 e. The zero-order valence-electron chi connectivity index (χ0n) is 13.8. The summed E-state index contributed by atoms with van der Waals surface area (Å²) in [6, 6.07) is 0. The van der Waals surface area contributed by atoms with E-state index in [0.717, 1.165) is 12.8 Å². The molecule has 3 nitrogen and oxygen atoms in total. The number of rotatable bonds is 1. The predicted molar refractivity (Wildman–Crippen MR) is 86.2 cm³/mol. The van der Waals surface area contributed by atoms with Gasteiger partial charge >= 0.3 is 0 Å². The van der Waals surface area contributed by atoms with Crippen molar-refractivity contribution in [3.8, 4) is 0 Å². The molecule has 3 rings (SSSR count). The van der Waals surface area contributed by atoms with Crippen LogP contribution in [0.15, 0.2) is 36.0 Å². The first-order valence-electron chi connectivity index (χ1n) is 8.17. The Morgan fingerprint density at radius 2 is 1.77 bits per heavy atom. The fraction of sp³-hybridized carbons (Fsp3) is 0.632. The molecule has 0 aliphatic heterocycles. The topological polar surface area (TPSA) is 57.5 Å². The van der Waals surface area contributed by atoms with Crippen LogP contribution in [0.4, 0.5) is 0 Å². The fourth-order valence-corrected chi connectivity index (χ4v) is 4.54. The van der Waals surface area contributed by atoms with E-state index in [-0.39, 0.29) is 16.6 Å². The van der Waals surface area contributed by atoms with E-state index < -0.39 is 11.2 Å². The maximum Gasteiger partial charge on any atom is 0.184 e.